The van der Waals surface area contributed by atoms with Gasteiger partial charge < -0.3 is 14.4 Å². The van der Waals surface area contributed by atoms with E-state index in [0.717, 1.165) is 18.4 Å². The Labute approximate surface area is 167 Å². The molecule has 1 N–H and O–H groups in total. The van der Waals surface area contributed by atoms with Crippen molar-refractivity contribution >= 4 is 18.9 Å². The molecule has 0 bridgehead atoms. The van der Waals surface area contributed by atoms with Crippen molar-refractivity contribution in [2.24, 2.45) is 5.92 Å². The van der Waals surface area contributed by atoms with E-state index in [4.69, 9.17) is 9.39 Å². The van der Waals surface area contributed by atoms with E-state index in [2.05, 4.69) is 0 Å². The van der Waals surface area contributed by atoms with Crippen molar-refractivity contribution in [3.63, 3.8) is 0 Å². The molecule has 1 aromatic carbocycles. The van der Waals surface area contributed by atoms with Gasteiger partial charge in [-0.25, -0.2) is 4.79 Å². The van der Waals surface area contributed by atoms with Crippen LogP contribution in [0.4, 0.5) is 0 Å². The Morgan fingerprint density at radius 2 is 2.04 bits per heavy atom. The maximum atomic E-state index is 12.6. The molecule has 2 aliphatic rings. The summed E-state index contributed by atoms with van der Waals surface area (Å²) in [7, 11) is -1.08. The smallest absolute Gasteiger partial charge is 0.526 e. The van der Waals surface area contributed by atoms with Crippen LogP contribution in [0.5, 0.6) is 5.75 Å². The number of Topliss-reactive ketones (excluding diaryl/α,β-unsaturated/α-hetero) is 1. The topological polar surface area (TPSA) is 72.8 Å². The zero-order valence-corrected chi connectivity index (χ0v) is 16.8. The molecule has 5 nitrogen and oxygen atoms in total. The second-order valence-corrected chi connectivity index (χ2v) is 8.19. The normalized spacial score (nSPS) is 19.6. The summed E-state index contributed by atoms with van der Waals surface area (Å²) in [5.74, 6) is 0.518. The van der Waals surface area contributed by atoms with Crippen LogP contribution in [0.1, 0.15) is 80.6 Å². The summed E-state index contributed by atoms with van der Waals surface area (Å²) in [4.78, 5) is 24.5. The van der Waals surface area contributed by atoms with Gasteiger partial charge in [-0.05, 0) is 36.8 Å². The lowest BCUT2D eigenvalue weighted by molar-refractivity contribution is -0.119. The summed E-state index contributed by atoms with van der Waals surface area (Å²) in [5, 5.41) is 10.4. The highest BCUT2D eigenvalue weighted by Crippen LogP contribution is 2.37. The van der Waals surface area contributed by atoms with Gasteiger partial charge in [0, 0.05) is 18.7 Å². The average Bonchev–Trinajstić information content (AvgIpc) is 2.69. The molecule has 28 heavy (non-hydrogen) atoms. The molecule has 1 fully saturated rings. The first-order valence-corrected chi connectivity index (χ1v) is 10.7. The monoisotopic (exact) mass is 386 g/mol. The van der Waals surface area contributed by atoms with Crippen molar-refractivity contribution in [3.8, 4) is 5.75 Å². The molecule has 0 spiro atoms. The molecule has 1 saturated carbocycles. The SMILES string of the molecule is CCCC(=O)C[C@H]1Cc2cccc(C(=O)OCCC3CCCCC3)c2OB1O. The average molecular weight is 386 g/mol. The fourth-order valence-corrected chi connectivity index (χ4v) is 4.36. The van der Waals surface area contributed by atoms with Crippen LogP contribution < -0.4 is 4.65 Å². The zero-order valence-electron chi connectivity index (χ0n) is 16.8. The Hall–Kier alpha value is -1.82. The largest absolute Gasteiger partial charge is 0.535 e. The summed E-state index contributed by atoms with van der Waals surface area (Å²) in [5.41, 5.74) is 1.21. The Bertz CT molecular complexity index is 684. The van der Waals surface area contributed by atoms with Crippen molar-refractivity contribution in [1.29, 1.82) is 0 Å². The predicted octanol–water partition coefficient (Wildman–Crippen LogP) is 4.36. The number of fused-ring (bicyclic) bond motifs is 1. The molecule has 0 radical (unpaired) electrons. The van der Waals surface area contributed by atoms with E-state index < -0.39 is 13.1 Å². The Morgan fingerprint density at radius 3 is 2.79 bits per heavy atom. The van der Waals surface area contributed by atoms with Gasteiger partial charge in [0.1, 0.15) is 17.1 Å². The summed E-state index contributed by atoms with van der Waals surface area (Å²) >= 11 is 0. The van der Waals surface area contributed by atoms with Gasteiger partial charge in [-0.3, -0.25) is 4.79 Å². The molecule has 0 amide bonds. The van der Waals surface area contributed by atoms with Crippen LogP contribution in [-0.2, 0) is 16.0 Å². The molecular formula is C22H31BO5. The number of rotatable bonds is 8. The van der Waals surface area contributed by atoms with Gasteiger partial charge in [-0.2, -0.15) is 0 Å². The van der Waals surface area contributed by atoms with Crippen LogP contribution in [0.25, 0.3) is 0 Å². The van der Waals surface area contributed by atoms with Crippen molar-refractivity contribution in [1.82, 2.24) is 0 Å². The predicted molar refractivity (Wildman–Crippen MR) is 109 cm³/mol. The van der Waals surface area contributed by atoms with Crippen LogP contribution in [0.3, 0.4) is 0 Å². The number of carbonyl (C=O) groups is 2. The fourth-order valence-electron chi connectivity index (χ4n) is 4.36. The summed E-state index contributed by atoms with van der Waals surface area (Å²) in [6.45, 7) is 2.39. The third-order valence-corrected chi connectivity index (χ3v) is 5.94. The first-order valence-electron chi connectivity index (χ1n) is 10.7. The lowest BCUT2D eigenvalue weighted by Crippen LogP contribution is -2.36. The Balaban J connectivity index is 1.60. The van der Waals surface area contributed by atoms with E-state index in [1.54, 1.807) is 6.07 Å². The van der Waals surface area contributed by atoms with Gasteiger partial charge >= 0.3 is 13.1 Å². The van der Waals surface area contributed by atoms with E-state index >= 15 is 0 Å². The summed E-state index contributed by atoms with van der Waals surface area (Å²) < 4.78 is 11.2. The molecule has 1 atom stereocenters. The fraction of sp³-hybridized carbons (Fsp3) is 0.636. The molecule has 0 unspecified atom stereocenters. The number of para-hydroxylation sites is 1. The molecule has 1 heterocycles. The van der Waals surface area contributed by atoms with Gasteiger partial charge in [0.25, 0.3) is 0 Å². The van der Waals surface area contributed by atoms with Gasteiger partial charge in [0.15, 0.2) is 0 Å². The third-order valence-electron chi connectivity index (χ3n) is 5.94. The number of hydrogen-bond acceptors (Lipinski definition) is 5. The molecule has 1 aliphatic carbocycles. The van der Waals surface area contributed by atoms with Gasteiger partial charge in [-0.1, -0.05) is 51.2 Å². The number of ether oxygens (including phenoxy) is 1. The quantitative estimate of drug-likeness (QED) is 0.531. The van der Waals surface area contributed by atoms with Gasteiger partial charge in [0.2, 0.25) is 0 Å². The molecule has 0 aromatic heterocycles. The molecule has 1 aromatic rings. The highest BCUT2D eigenvalue weighted by Gasteiger charge is 2.37. The maximum absolute atomic E-state index is 12.6. The highest BCUT2D eigenvalue weighted by molar-refractivity contribution is 6.47. The number of ketones is 1. The Kier molecular flexibility index (Phi) is 7.54. The lowest BCUT2D eigenvalue weighted by Gasteiger charge is -2.28. The lowest BCUT2D eigenvalue weighted by atomic mass is 9.64. The minimum absolute atomic E-state index is 0.136. The second kappa shape index (κ2) is 10.1. The Morgan fingerprint density at radius 1 is 1.25 bits per heavy atom. The van der Waals surface area contributed by atoms with Gasteiger partial charge in [0.05, 0.1) is 6.61 Å². The van der Waals surface area contributed by atoms with Crippen LogP contribution in [0.2, 0.25) is 5.82 Å². The van der Waals surface area contributed by atoms with Crippen LogP contribution >= 0.6 is 0 Å². The summed E-state index contributed by atoms with van der Waals surface area (Å²) in [6, 6.07) is 5.37. The highest BCUT2D eigenvalue weighted by atomic mass is 16.5. The maximum Gasteiger partial charge on any atom is 0.526 e. The second-order valence-electron chi connectivity index (χ2n) is 8.19. The van der Waals surface area contributed by atoms with E-state index in [-0.39, 0.29) is 11.6 Å². The molecule has 1 aliphatic heterocycles. The van der Waals surface area contributed by atoms with Crippen LogP contribution in [0.15, 0.2) is 18.2 Å². The van der Waals surface area contributed by atoms with Crippen molar-refractivity contribution in [3.05, 3.63) is 29.3 Å². The molecule has 3 rings (SSSR count). The molecule has 6 heteroatoms. The van der Waals surface area contributed by atoms with Crippen molar-refractivity contribution in [2.75, 3.05) is 6.61 Å². The van der Waals surface area contributed by atoms with E-state index in [1.807, 2.05) is 19.1 Å². The van der Waals surface area contributed by atoms with Crippen LogP contribution in [0, 0.1) is 5.92 Å². The van der Waals surface area contributed by atoms with Crippen molar-refractivity contribution < 1.29 is 24.0 Å². The molecule has 152 valence electrons. The number of hydrogen-bond donors (Lipinski definition) is 1. The van der Waals surface area contributed by atoms with Crippen molar-refractivity contribution in [2.45, 2.75) is 76.9 Å². The summed E-state index contributed by atoms with van der Waals surface area (Å²) in [6.07, 6.45) is 9.37. The molecular weight excluding hydrogens is 355 g/mol. The standard InChI is InChI=1S/C22H31BO5/c1-2-7-19(24)15-18-14-17-10-6-11-20(21(17)28-23(18)26)22(25)27-13-12-16-8-4-3-5-9-16/h6,10-11,16,18,26H,2-5,7-9,12-15H2,1H3/t18-/m1/s1. The van der Waals surface area contributed by atoms with E-state index in [9.17, 15) is 14.6 Å². The number of carbonyl (C=O) groups excluding carboxylic acids is 2. The van der Waals surface area contributed by atoms with E-state index in [1.165, 1.54) is 32.1 Å². The minimum Gasteiger partial charge on any atom is -0.535 e. The number of benzene rings is 1. The number of esters is 1. The third kappa shape index (κ3) is 5.37. The van der Waals surface area contributed by atoms with Crippen LogP contribution in [-0.4, -0.2) is 30.5 Å². The van der Waals surface area contributed by atoms with Gasteiger partial charge in [-0.15, -0.1) is 0 Å². The first-order chi connectivity index (χ1) is 13.6. The van der Waals surface area contributed by atoms with E-state index in [0.29, 0.717) is 43.1 Å². The molecule has 0 saturated heterocycles. The minimum atomic E-state index is -1.08. The zero-order chi connectivity index (χ0) is 19.9. The first kappa shape index (κ1) is 20.9.